The molecule has 0 amide bonds. The van der Waals surface area contributed by atoms with E-state index in [1.54, 1.807) is 0 Å². The molecule has 1 fully saturated rings. The molecule has 17 heavy (non-hydrogen) atoms. The molecule has 0 radical (unpaired) electrons. The molecule has 8 heteroatoms. The summed E-state index contributed by atoms with van der Waals surface area (Å²) in [5.41, 5.74) is 0. The summed E-state index contributed by atoms with van der Waals surface area (Å²) in [7, 11) is 0. The average Bonchev–Trinajstić information content (AvgIpc) is 2.86. The van der Waals surface area contributed by atoms with Gasteiger partial charge in [-0.3, -0.25) is 0 Å². The Labute approximate surface area is 96.0 Å². The molecule has 1 saturated heterocycles. The van der Waals surface area contributed by atoms with Crippen LogP contribution >= 0.6 is 0 Å². The summed E-state index contributed by atoms with van der Waals surface area (Å²) in [5.74, 6) is -1.42. The molecule has 0 bridgehead atoms. The maximum atomic E-state index is 10.9. The molecule has 2 heterocycles. The van der Waals surface area contributed by atoms with E-state index in [1.165, 1.54) is 17.1 Å². The van der Waals surface area contributed by atoms with E-state index in [-0.39, 0.29) is 11.7 Å². The Morgan fingerprint density at radius 3 is 3.12 bits per heavy atom. The lowest BCUT2D eigenvalue weighted by Crippen LogP contribution is -2.28. The highest BCUT2D eigenvalue weighted by molar-refractivity contribution is 5.73. The standard InChI is InChI=1S/C9H11N3O5/c13-9(14)8-6(1-2-17-8)3-11-4-7(10-5-11)12(15)16/h4-6,8H,1-3H2,(H,13,14)/t6-,8-/m1/s1. The van der Waals surface area contributed by atoms with E-state index in [2.05, 4.69) is 4.98 Å². The van der Waals surface area contributed by atoms with Crippen molar-refractivity contribution in [2.75, 3.05) is 6.61 Å². The van der Waals surface area contributed by atoms with E-state index in [0.29, 0.717) is 19.6 Å². The fraction of sp³-hybridized carbons (Fsp3) is 0.556. The van der Waals surface area contributed by atoms with Crippen LogP contribution in [0.4, 0.5) is 5.82 Å². The molecule has 1 N–H and O–H groups in total. The van der Waals surface area contributed by atoms with Crippen LogP contribution < -0.4 is 0 Å². The van der Waals surface area contributed by atoms with Gasteiger partial charge in [-0.25, -0.2) is 4.79 Å². The molecule has 0 aliphatic carbocycles. The van der Waals surface area contributed by atoms with Gasteiger partial charge in [0.1, 0.15) is 6.20 Å². The summed E-state index contributed by atoms with van der Waals surface area (Å²) in [5, 5.41) is 19.3. The number of carboxylic acids is 1. The van der Waals surface area contributed by atoms with Crippen molar-refractivity contribution in [2.45, 2.75) is 19.1 Å². The maximum Gasteiger partial charge on any atom is 0.381 e. The summed E-state index contributed by atoms with van der Waals surface area (Å²) < 4.78 is 6.61. The number of nitro groups is 1. The predicted octanol–water partition coefficient (Wildman–Crippen LogP) is 0.281. The lowest BCUT2D eigenvalue weighted by Gasteiger charge is -2.13. The highest BCUT2D eigenvalue weighted by Crippen LogP contribution is 2.23. The van der Waals surface area contributed by atoms with Crippen molar-refractivity contribution >= 4 is 11.8 Å². The smallest absolute Gasteiger partial charge is 0.381 e. The summed E-state index contributed by atoms with van der Waals surface area (Å²) in [4.78, 5) is 24.3. The molecule has 0 spiro atoms. The number of carboxylic acid groups (broad SMARTS) is 1. The van der Waals surface area contributed by atoms with Crippen LogP contribution in [0.25, 0.3) is 0 Å². The first-order valence-electron chi connectivity index (χ1n) is 5.08. The summed E-state index contributed by atoms with van der Waals surface area (Å²) in [6, 6.07) is 0. The fourth-order valence-electron chi connectivity index (χ4n) is 1.91. The SMILES string of the molecule is O=C(O)[C@@H]1OCC[C@@H]1Cn1cnc([N+](=O)[O-])c1. The number of carbonyl (C=O) groups is 1. The third-order valence-electron chi connectivity index (χ3n) is 2.71. The topological polar surface area (TPSA) is 107 Å². The number of hydrogen-bond donors (Lipinski definition) is 1. The molecule has 2 atom stereocenters. The zero-order valence-electron chi connectivity index (χ0n) is 8.85. The van der Waals surface area contributed by atoms with Crippen molar-refractivity contribution in [1.82, 2.24) is 9.55 Å². The second kappa shape index (κ2) is 4.50. The monoisotopic (exact) mass is 241 g/mol. The van der Waals surface area contributed by atoms with Crippen molar-refractivity contribution in [1.29, 1.82) is 0 Å². The summed E-state index contributed by atoms with van der Waals surface area (Å²) >= 11 is 0. The van der Waals surface area contributed by atoms with Crippen LogP contribution in [0, 0.1) is 16.0 Å². The second-order valence-corrected chi connectivity index (χ2v) is 3.86. The lowest BCUT2D eigenvalue weighted by atomic mass is 10.0. The van der Waals surface area contributed by atoms with Gasteiger partial charge in [-0.2, -0.15) is 0 Å². The molecule has 1 aromatic rings. The number of hydrogen-bond acceptors (Lipinski definition) is 5. The highest BCUT2D eigenvalue weighted by atomic mass is 16.6. The summed E-state index contributed by atoms with van der Waals surface area (Å²) in [6.45, 7) is 0.760. The average molecular weight is 241 g/mol. The Morgan fingerprint density at radius 1 is 1.76 bits per heavy atom. The van der Waals surface area contributed by atoms with Crippen LogP contribution in [0.1, 0.15) is 6.42 Å². The van der Waals surface area contributed by atoms with E-state index < -0.39 is 17.0 Å². The minimum Gasteiger partial charge on any atom is -0.479 e. The lowest BCUT2D eigenvalue weighted by molar-refractivity contribution is -0.389. The number of aromatic nitrogens is 2. The first-order valence-corrected chi connectivity index (χ1v) is 5.08. The molecular weight excluding hydrogens is 230 g/mol. The zero-order chi connectivity index (χ0) is 12.4. The first kappa shape index (κ1) is 11.5. The van der Waals surface area contributed by atoms with Crippen LogP contribution in [0.5, 0.6) is 0 Å². The van der Waals surface area contributed by atoms with Gasteiger partial charge in [-0.05, 0) is 16.3 Å². The van der Waals surface area contributed by atoms with E-state index in [1.807, 2.05) is 0 Å². The van der Waals surface area contributed by atoms with E-state index >= 15 is 0 Å². The van der Waals surface area contributed by atoms with Gasteiger partial charge in [0.05, 0.1) is 0 Å². The van der Waals surface area contributed by atoms with Gasteiger partial charge < -0.3 is 24.5 Å². The van der Waals surface area contributed by atoms with E-state index in [0.717, 1.165) is 0 Å². The van der Waals surface area contributed by atoms with Gasteiger partial charge in [0.15, 0.2) is 6.10 Å². The molecule has 0 aromatic carbocycles. The molecule has 2 rings (SSSR count). The normalized spacial score (nSPS) is 23.8. The van der Waals surface area contributed by atoms with Gasteiger partial charge in [0.2, 0.25) is 6.33 Å². The van der Waals surface area contributed by atoms with Crippen LogP contribution in [-0.2, 0) is 16.1 Å². The molecule has 1 aliphatic rings. The summed E-state index contributed by atoms with van der Waals surface area (Å²) in [6.07, 6.45) is 2.41. The third-order valence-corrected chi connectivity index (χ3v) is 2.71. The van der Waals surface area contributed by atoms with Gasteiger partial charge in [0.25, 0.3) is 0 Å². The fourth-order valence-corrected chi connectivity index (χ4v) is 1.91. The molecule has 0 unspecified atom stereocenters. The van der Waals surface area contributed by atoms with Gasteiger partial charge >= 0.3 is 11.8 Å². The van der Waals surface area contributed by atoms with Crippen molar-refractivity contribution in [3.05, 3.63) is 22.6 Å². The number of aliphatic carboxylic acids is 1. The van der Waals surface area contributed by atoms with Crippen LogP contribution in [0.3, 0.4) is 0 Å². The largest absolute Gasteiger partial charge is 0.479 e. The van der Waals surface area contributed by atoms with Gasteiger partial charge in [-0.1, -0.05) is 0 Å². The highest BCUT2D eigenvalue weighted by Gasteiger charge is 2.34. The zero-order valence-corrected chi connectivity index (χ0v) is 8.85. The van der Waals surface area contributed by atoms with E-state index in [9.17, 15) is 14.9 Å². The number of rotatable bonds is 4. The Kier molecular flexibility index (Phi) is 3.05. The number of ether oxygens (including phenoxy) is 1. The van der Waals surface area contributed by atoms with Crippen molar-refractivity contribution < 1.29 is 19.6 Å². The van der Waals surface area contributed by atoms with Crippen LogP contribution in [0.15, 0.2) is 12.5 Å². The Bertz CT molecular complexity index is 444. The minimum absolute atomic E-state index is 0.179. The molecule has 92 valence electrons. The molecule has 0 saturated carbocycles. The number of imidazole rings is 1. The van der Waals surface area contributed by atoms with Crippen molar-refractivity contribution in [3.8, 4) is 0 Å². The molecule has 8 nitrogen and oxygen atoms in total. The van der Waals surface area contributed by atoms with Gasteiger partial charge in [0, 0.05) is 19.1 Å². The molecular formula is C9H11N3O5. The maximum absolute atomic E-state index is 10.9. The quantitative estimate of drug-likeness (QED) is 0.599. The van der Waals surface area contributed by atoms with Crippen LogP contribution in [-0.4, -0.2) is 38.3 Å². The Morgan fingerprint density at radius 2 is 2.53 bits per heavy atom. The Hall–Kier alpha value is -1.96. The molecule has 1 aliphatic heterocycles. The predicted molar refractivity (Wildman–Crippen MR) is 54.4 cm³/mol. The van der Waals surface area contributed by atoms with Crippen molar-refractivity contribution in [3.63, 3.8) is 0 Å². The number of nitrogens with zero attached hydrogens (tertiary/aromatic N) is 3. The van der Waals surface area contributed by atoms with Gasteiger partial charge in [-0.15, -0.1) is 0 Å². The van der Waals surface area contributed by atoms with Crippen LogP contribution in [0.2, 0.25) is 0 Å². The van der Waals surface area contributed by atoms with E-state index in [4.69, 9.17) is 9.84 Å². The molecule has 1 aromatic heterocycles. The third kappa shape index (κ3) is 2.41. The second-order valence-electron chi connectivity index (χ2n) is 3.86. The minimum atomic E-state index is -0.998. The first-order chi connectivity index (χ1) is 8.08. The van der Waals surface area contributed by atoms with Crippen molar-refractivity contribution in [2.24, 2.45) is 5.92 Å². The Balaban J connectivity index is 2.04.